The molecule has 1 unspecified atom stereocenters. The molecule has 2 heterocycles. The van der Waals surface area contributed by atoms with Crippen LogP contribution in [0, 0.1) is 11.8 Å². The molecule has 5 heteroatoms. The van der Waals surface area contributed by atoms with Crippen LogP contribution in [0.15, 0.2) is 59.9 Å². The Bertz CT molecular complexity index is 893. The van der Waals surface area contributed by atoms with Crippen molar-refractivity contribution in [3.05, 3.63) is 72.5 Å². The zero-order valence-corrected chi connectivity index (χ0v) is 13.3. The van der Waals surface area contributed by atoms with Crippen LogP contribution in [0.5, 0.6) is 0 Å². The summed E-state index contributed by atoms with van der Waals surface area (Å²) in [5.74, 6) is 7.08. The lowest BCUT2D eigenvalue weighted by Gasteiger charge is -2.07. The van der Waals surface area contributed by atoms with Gasteiger partial charge in [-0.2, -0.15) is 0 Å². The van der Waals surface area contributed by atoms with E-state index in [2.05, 4.69) is 28.6 Å². The van der Waals surface area contributed by atoms with Gasteiger partial charge >= 0.3 is 0 Å². The van der Waals surface area contributed by atoms with Gasteiger partial charge in [0.2, 0.25) is 0 Å². The molecule has 3 aromatic rings. The fraction of sp³-hybridized carbons (Fsp3) is 0.158. The fourth-order valence-electron chi connectivity index (χ4n) is 2.37. The summed E-state index contributed by atoms with van der Waals surface area (Å²) in [6, 6.07) is 9.62. The minimum Gasteiger partial charge on any atom is -0.385 e. The van der Waals surface area contributed by atoms with E-state index in [-0.39, 0.29) is 0 Å². The van der Waals surface area contributed by atoms with Crippen molar-refractivity contribution >= 4 is 0 Å². The van der Waals surface area contributed by atoms with Crippen LogP contribution in [-0.2, 0) is 6.54 Å². The summed E-state index contributed by atoms with van der Waals surface area (Å²) in [7, 11) is 0. The standard InChI is InChI=1S/C19H17N3O2/c1-3-4-5-15-6-8-16(9-7-15)18-12-17(21-24-18)13-22-11-10-20-19(22)14(2)23/h3,6-12,14,23H,1,13H2,2H3. The van der Waals surface area contributed by atoms with Crippen LogP contribution >= 0.6 is 0 Å². The summed E-state index contributed by atoms with van der Waals surface area (Å²) < 4.78 is 7.27. The number of benzene rings is 1. The summed E-state index contributed by atoms with van der Waals surface area (Å²) in [5, 5.41) is 13.8. The molecule has 5 nitrogen and oxygen atoms in total. The lowest BCUT2D eigenvalue weighted by atomic mass is 10.1. The second-order valence-electron chi connectivity index (χ2n) is 5.32. The molecule has 0 saturated heterocycles. The number of hydrogen-bond donors (Lipinski definition) is 1. The average Bonchev–Trinajstić information content (AvgIpc) is 3.23. The number of aliphatic hydroxyl groups excluding tert-OH is 1. The molecule has 0 fully saturated rings. The Morgan fingerprint density at radius 3 is 2.88 bits per heavy atom. The molecular formula is C19H17N3O2. The van der Waals surface area contributed by atoms with Crippen LogP contribution in [0.3, 0.4) is 0 Å². The zero-order valence-electron chi connectivity index (χ0n) is 13.3. The van der Waals surface area contributed by atoms with Crippen molar-refractivity contribution in [2.45, 2.75) is 19.6 Å². The second-order valence-corrected chi connectivity index (χ2v) is 5.32. The monoisotopic (exact) mass is 319 g/mol. The summed E-state index contributed by atoms with van der Waals surface area (Å²) in [6.07, 6.45) is 4.40. The first-order valence-corrected chi connectivity index (χ1v) is 7.55. The van der Waals surface area contributed by atoms with Crippen LogP contribution < -0.4 is 0 Å². The third-order valence-corrected chi connectivity index (χ3v) is 3.50. The van der Waals surface area contributed by atoms with E-state index >= 15 is 0 Å². The lowest BCUT2D eigenvalue weighted by molar-refractivity contribution is 0.184. The summed E-state index contributed by atoms with van der Waals surface area (Å²) in [6.45, 7) is 5.75. The van der Waals surface area contributed by atoms with Crippen LogP contribution in [0.1, 0.15) is 30.1 Å². The van der Waals surface area contributed by atoms with Crippen LogP contribution in [0.4, 0.5) is 0 Å². The lowest BCUT2D eigenvalue weighted by Crippen LogP contribution is -2.07. The number of hydrogen-bond acceptors (Lipinski definition) is 4. The molecule has 1 aromatic carbocycles. The van der Waals surface area contributed by atoms with Crippen LogP contribution in [-0.4, -0.2) is 19.8 Å². The Hall–Kier alpha value is -3.10. The van der Waals surface area contributed by atoms with Gasteiger partial charge in [0.25, 0.3) is 0 Å². The van der Waals surface area contributed by atoms with Gasteiger partial charge in [0.1, 0.15) is 17.6 Å². The van der Waals surface area contributed by atoms with Crippen LogP contribution in [0.2, 0.25) is 0 Å². The van der Waals surface area contributed by atoms with E-state index in [1.54, 1.807) is 19.2 Å². The Balaban J connectivity index is 1.78. The predicted molar refractivity (Wildman–Crippen MR) is 91.0 cm³/mol. The van der Waals surface area contributed by atoms with Crippen molar-refractivity contribution in [3.8, 4) is 23.2 Å². The molecule has 120 valence electrons. The van der Waals surface area contributed by atoms with Gasteiger partial charge in [-0.15, -0.1) is 0 Å². The van der Waals surface area contributed by atoms with E-state index in [0.29, 0.717) is 18.1 Å². The predicted octanol–water partition coefficient (Wildman–Crippen LogP) is 3.18. The van der Waals surface area contributed by atoms with Gasteiger partial charge in [0, 0.05) is 29.6 Å². The van der Waals surface area contributed by atoms with Gasteiger partial charge in [-0.25, -0.2) is 4.98 Å². The fourth-order valence-corrected chi connectivity index (χ4v) is 2.37. The summed E-state index contributed by atoms with van der Waals surface area (Å²) in [4.78, 5) is 4.15. The highest BCUT2D eigenvalue weighted by Gasteiger charge is 2.12. The third-order valence-electron chi connectivity index (χ3n) is 3.50. The highest BCUT2D eigenvalue weighted by molar-refractivity contribution is 5.59. The molecule has 0 radical (unpaired) electrons. The molecule has 0 amide bonds. The van der Waals surface area contributed by atoms with E-state index < -0.39 is 6.10 Å². The van der Waals surface area contributed by atoms with Crippen molar-refractivity contribution in [2.24, 2.45) is 0 Å². The smallest absolute Gasteiger partial charge is 0.167 e. The van der Waals surface area contributed by atoms with Crippen LogP contribution in [0.25, 0.3) is 11.3 Å². The summed E-state index contributed by atoms with van der Waals surface area (Å²) >= 11 is 0. The Labute approximate surface area is 140 Å². The van der Waals surface area contributed by atoms with Gasteiger partial charge in [0.05, 0.1) is 6.54 Å². The molecule has 0 aliphatic carbocycles. The molecule has 1 N–H and O–H groups in total. The first kappa shape index (κ1) is 15.8. The van der Waals surface area contributed by atoms with Crippen molar-refractivity contribution in [1.82, 2.24) is 14.7 Å². The second kappa shape index (κ2) is 6.99. The molecule has 3 rings (SSSR count). The van der Waals surface area contributed by atoms with Gasteiger partial charge in [-0.05, 0) is 37.3 Å². The number of aliphatic hydroxyl groups is 1. The van der Waals surface area contributed by atoms with Crippen molar-refractivity contribution in [2.75, 3.05) is 0 Å². The average molecular weight is 319 g/mol. The van der Waals surface area contributed by atoms with Gasteiger partial charge in [-0.1, -0.05) is 23.6 Å². The minimum atomic E-state index is -0.629. The van der Waals surface area contributed by atoms with Crippen molar-refractivity contribution in [1.29, 1.82) is 0 Å². The molecule has 0 spiro atoms. The number of imidazole rings is 1. The maximum absolute atomic E-state index is 9.70. The summed E-state index contributed by atoms with van der Waals surface area (Å²) in [5.41, 5.74) is 2.61. The first-order valence-electron chi connectivity index (χ1n) is 7.55. The highest BCUT2D eigenvalue weighted by atomic mass is 16.5. The molecule has 2 aromatic heterocycles. The molecular weight excluding hydrogens is 302 g/mol. The van der Waals surface area contributed by atoms with Gasteiger partial charge < -0.3 is 14.2 Å². The molecule has 0 aliphatic heterocycles. The Morgan fingerprint density at radius 1 is 1.38 bits per heavy atom. The number of nitrogens with zero attached hydrogens (tertiary/aromatic N) is 3. The number of allylic oxidation sites excluding steroid dienone is 1. The largest absolute Gasteiger partial charge is 0.385 e. The number of aromatic nitrogens is 3. The SMILES string of the molecule is C=CC#Cc1ccc(-c2cc(Cn3ccnc3C(C)O)no2)cc1. The third kappa shape index (κ3) is 3.45. The van der Waals surface area contributed by atoms with Gasteiger partial charge in [0.15, 0.2) is 5.76 Å². The molecule has 24 heavy (non-hydrogen) atoms. The molecule has 0 bridgehead atoms. The van der Waals surface area contributed by atoms with Gasteiger partial charge in [-0.3, -0.25) is 0 Å². The van der Waals surface area contributed by atoms with E-state index in [9.17, 15) is 5.11 Å². The maximum atomic E-state index is 9.70. The normalized spacial score (nSPS) is 11.6. The number of rotatable bonds is 4. The zero-order chi connectivity index (χ0) is 16.9. The van der Waals surface area contributed by atoms with Crippen molar-refractivity contribution < 1.29 is 9.63 Å². The van der Waals surface area contributed by atoms with E-state index in [1.165, 1.54) is 0 Å². The molecule has 0 saturated carbocycles. The molecule has 0 aliphatic rings. The molecule has 1 atom stereocenters. The maximum Gasteiger partial charge on any atom is 0.167 e. The van der Waals surface area contributed by atoms with E-state index in [0.717, 1.165) is 16.8 Å². The van der Waals surface area contributed by atoms with Crippen molar-refractivity contribution in [3.63, 3.8) is 0 Å². The quantitative estimate of drug-likeness (QED) is 0.750. The first-order chi connectivity index (χ1) is 11.7. The minimum absolute atomic E-state index is 0.493. The topological polar surface area (TPSA) is 64.1 Å². The Kier molecular flexibility index (Phi) is 4.59. The Morgan fingerprint density at radius 2 is 2.17 bits per heavy atom. The van der Waals surface area contributed by atoms with E-state index in [4.69, 9.17) is 4.52 Å². The van der Waals surface area contributed by atoms with E-state index in [1.807, 2.05) is 41.1 Å². The highest BCUT2D eigenvalue weighted by Crippen LogP contribution is 2.21.